The number of hydrogen-bond acceptors (Lipinski definition) is 4. The van der Waals surface area contributed by atoms with Crippen molar-refractivity contribution < 1.29 is 14.3 Å². The van der Waals surface area contributed by atoms with Crippen LogP contribution in [0.5, 0.6) is 11.5 Å². The fraction of sp³-hybridized carbons (Fsp3) is 0.611. The fourth-order valence-corrected chi connectivity index (χ4v) is 3.24. The maximum Gasteiger partial charge on any atom is 0.223 e. The van der Waals surface area contributed by atoms with Crippen molar-refractivity contribution in [1.29, 1.82) is 0 Å². The summed E-state index contributed by atoms with van der Waals surface area (Å²) in [7, 11) is 0. The lowest BCUT2D eigenvalue weighted by Gasteiger charge is -2.28. The third kappa shape index (κ3) is 3.78. The normalized spacial score (nSPS) is 19.4. The van der Waals surface area contributed by atoms with Crippen LogP contribution >= 0.6 is 0 Å². The van der Waals surface area contributed by atoms with Gasteiger partial charge < -0.3 is 20.1 Å². The highest BCUT2D eigenvalue weighted by Crippen LogP contribution is 2.34. The fourth-order valence-electron chi connectivity index (χ4n) is 3.24. The lowest BCUT2D eigenvalue weighted by Crippen LogP contribution is -2.40. The van der Waals surface area contributed by atoms with Gasteiger partial charge in [-0.05, 0) is 49.5 Å². The van der Waals surface area contributed by atoms with E-state index in [1.165, 1.54) is 0 Å². The van der Waals surface area contributed by atoms with Gasteiger partial charge in [-0.3, -0.25) is 4.79 Å². The molecule has 0 saturated carbocycles. The summed E-state index contributed by atoms with van der Waals surface area (Å²) in [5.74, 6) is 2.15. The molecule has 1 aromatic carbocycles. The van der Waals surface area contributed by atoms with E-state index in [1.807, 2.05) is 18.2 Å². The van der Waals surface area contributed by atoms with Gasteiger partial charge >= 0.3 is 0 Å². The Morgan fingerprint density at radius 1 is 1.17 bits per heavy atom. The molecule has 126 valence electrons. The number of rotatable bonds is 4. The number of piperidine rings is 1. The van der Waals surface area contributed by atoms with E-state index in [9.17, 15) is 4.79 Å². The van der Waals surface area contributed by atoms with E-state index in [1.54, 1.807) is 0 Å². The second-order valence-corrected chi connectivity index (χ2v) is 6.66. The monoisotopic (exact) mass is 318 g/mol. The summed E-state index contributed by atoms with van der Waals surface area (Å²) in [5, 5.41) is 6.55. The Balaban J connectivity index is 1.74. The summed E-state index contributed by atoms with van der Waals surface area (Å²) >= 11 is 0. The van der Waals surface area contributed by atoms with Crippen molar-refractivity contribution in [2.75, 3.05) is 26.3 Å². The molecule has 3 rings (SSSR count). The Kier molecular flexibility index (Phi) is 5.06. The van der Waals surface area contributed by atoms with E-state index < -0.39 is 0 Å². The number of ether oxygens (including phenoxy) is 2. The molecule has 1 unspecified atom stereocenters. The summed E-state index contributed by atoms with van der Waals surface area (Å²) in [6.45, 7) is 7.27. The second kappa shape index (κ2) is 7.21. The van der Waals surface area contributed by atoms with Crippen LogP contribution in [0.15, 0.2) is 18.2 Å². The molecule has 1 amide bonds. The predicted octanol–water partition coefficient (Wildman–Crippen LogP) is 2.27. The van der Waals surface area contributed by atoms with Gasteiger partial charge in [0.1, 0.15) is 13.2 Å². The van der Waals surface area contributed by atoms with Crippen molar-refractivity contribution in [1.82, 2.24) is 10.6 Å². The molecule has 1 fully saturated rings. The Bertz CT molecular complexity index is 553. The van der Waals surface area contributed by atoms with Crippen LogP contribution in [-0.4, -0.2) is 32.2 Å². The van der Waals surface area contributed by atoms with E-state index in [2.05, 4.69) is 24.5 Å². The van der Waals surface area contributed by atoms with E-state index in [4.69, 9.17) is 9.47 Å². The Labute approximate surface area is 137 Å². The van der Waals surface area contributed by atoms with Crippen molar-refractivity contribution in [3.8, 4) is 11.5 Å². The first kappa shape index (κ1) is 16.1. The molecule has 1 aromatic rings. The maximum absolute atomic E-state index is 12.6. The molecule has 2 aliphatic heterocycles. The molecule has 2 N–H and O–H groups in total. The number of fused-ring (bicyclic) bond motifs is 1. The highest BCUT2D eigenvalue weighted by atomic mass is 16.6. The summed E-state index contributed by atoms with van der Waals surface area (Å²) in [4.78, 5) is 12.6. The topological polar surface area (TPSA) is 59.6 Å². The zero-order chi connectivity index (χ0) is 16.2. The van der Waals surface area contributed by atoms with Crippen molar-refractivity contribution >= 4 is 5.91 Å². The van der Waals surface area contributed by atoms with Gasteiger partial charge in [0.15, 0.2) is 11.5 Å². The van der Waals surface area contributed by atoms with Crippen molar-refractivity contribution in [2.24, 2.45) is 11.8 Å². The highest BCUT2D eigenvalue weighted by molar-refractivity contribution is 5.79. The molecule has 23 heavy (non-hydrogen) atoms. The van der Waals surface area contributed by atoms with Gasteiger partial charge in [-0.25, -0.2) is 0 Å². The number of hydrogen-bond donors (Lipinski definition) is 2. The van der Waals surface area contributed by atoms with Crippen LogP contribution in [0.4, 0.5) is 0 Å². The molecule has 0 aromatic heterocycles. The molecule has 0 bridgehead atoms. The van der Waals surface area contributed by atoms with Gasteiger partial charge in [0.2, 0.25) is 5.91 Å². The largest absolute Gasteiger partial charge is 0.486 e. The zero-order valence-electron chi connectivity index (χ0n) is 13.9. The maximum atomic E-state index is 12.6. The van der Waals surface area contributed by atoms with E-state index in [0.717, 1.165) is 43.0 Å². The molecular weight excluding hydrogens is 292 g/mol. The van der Waals surface area contributed by atoms with Gasteiger partial charge in [-0.1, -0.05) is 19.9 Å². The van der Waals surface area contributed by atoms with Gasteiger partial charge in [0, 0.05) is 5.92 Å². The molecular formula is C18H26N2O3. The van der Waals surface area contributed by atoms with Gasteiger partial charge in [0.05, 0.1) is 6.04 Å². The first-order valence-electron chi connectivity index (χ1n) is 8.56. The number of carbonyl (C=O) groups excluding carboxylic acids is 1. The molecule has 5 nitrogen and oxygen atoms in total. The van der Waals surface area contributed by atoms with E-state index >= 15 is 0 Å². The molecule has 0 spiro atoms. The number of amides is 1. The third-order valence-corrected chi connectivity index (χ3v) is 4.60. The van der Waals surface area contributed by atoms with Crippen LogP contribution in [0.2, 0.25) is 0 Å². The lowest BCUT2D eigenvalue weighted by molar-refractivity contribution is -0.126. The molecule has 0 radical (unpaired) electrons. The zero-order valence-corrected chi connectivity index (χ0v) is 13.9. The first-order valence-corrected chi connectivity index (χ1v) is 8.56. The van der Waals surface area contributed by atoms with Crippen LogP contribution < -0.4 is 20.1 Å². The Morgan fingerprint density at radius 2 is 1.87 bits per heavy atom. The summed E-state index contributed by atoms with van der Waals surface area (Å²) in [6.07, 6.45) is 1.83. The average Bonchev–Trinajstić information content (AvgIpc) is 2.59. The third-order valence-electron chi connectivity index (χ3n) is 4.60. The van der Waals surface area contributed by atoms with Gasteiger partial charge in [-0.15, -0.1) is 0 Å². The smallest absolute Gasteiger partial charge is 0.223 e. The van der Waals surface area contributed by atoms with Gasteiger partial charge in [-0.2, -0.15) is 0 Å². The first-order chi connectivity index (χ1) is 11.1. The lowest BCUT2D eigenvalue weighted by atomic mass is 9.92. The standard InChI is InChI=1S/C18H26N2O3/c1-12(2)17(20-18(21)13-5-7-19-8-6-13)14-3-4-15-16(11-14)23-10-9-22-15/h3-4,11-13,17,19H,5-10H2,1-2H3,(H,20,21). The number of benzene rings is 1. The van der Waals surface area contributed by atoms with Crippen LogP contribution in [-0.2, 0) is 4.79 Å². The second-order valence-electron chi connectivity index (χ2n) is 6.66. The Hall–Kier alpha value is -1.75. The van der Waals surface area contributed by atoms with Gasteiger partial charge in [0.25, 0.3) is 0 Å². The average molecular weight is 318 g/mol. The summed E-state index contributed by atoms with van der Waals surface area (Å²) in [5.41, 5.74) is 1.08. The summed E-state index contributed by atoms with van der Waals surface area (Å²) < 4.78 is 11.2. The molecule has 2 heterocycles. The minimum Gasteiger partial charge on any atom is -0.486 e. The van der Waals surface area contributed by atoms with Crippen LogP contribution in [0.25, 0.3) is 0 Å². The van der Waals surface area contributed by atoms with Crippen molar-refractivity contribution in [2.45, 2.75) is 32.7 Å². The Morgan fingerprint density at radius 3 is 2.57 bits per heavy atom. The highest BCUT2D eigenvalue weighted by Gasteiger charge is 2.26. The number of carbonyl (C=O) groups is 1. The van der Waals surface area contributed by atoms with Crippen molar-refractivity contribution in [3.63, 3.8) is 0 Å². The van der Waals surface area contributed by atoms with Crippen molar-refractivity contribution in [3.05, 3.63) is 23.8 Å². The minimum absolute atomic E-state index is 0.00628. The number of nitrogens with one attached hydrogen (secondary N) is 2. The quantitative estimate of drug-likeness (QED) is 0.894. The predicted molar refractivity (Wildman–Crippen MR) is 88.7 cm³/mol. The summed E-state index contributed by atoms with van der Waals surface area (Å²) in [6, 6.07) is 5.96. The molecule has 5 heteroatoms. The molecule has 1 saturated heterocycles. The van der Waals surface area contributed by atoms with Crippen LogP contribution in [0.3, 0.4) is 0 Å². The molecule has 1 atom stereocenters. The molecule has 2 aliphatic rings. The van der Waals surface area contributed by atoms with E-state index in [-0.39, 0.29) is 17.9 Å². The van der Waals surface area contributed by atoms with Crippen LogP contribution in [0, 0.1) is 11.8 Å². The minimum atomic E-state index is -0.00628. The molecule has 0 aliphatic carbocycles. The van der Waals surface area contributed by atoms with E-state index in [0.29, 0.717) is 19.1 Å². The van der Waals surface area contributed by atoms with Crippen LogP contribution in [0.1, 0.15) is 38.3 Å². The SMILES string of the molecule is CC(C)C(NC(=O)C1CCNCC1)c1ccc2c(c1)OCCO2.